The average Bonchev–Trinajstić information content (AvgIpc) is 2.79. The second kappa shape index (κ2) is 8.95. The van der Waals surface area contributed by atoms with E-state index in [0.717, 1.165) is 25.7 Å². The van der Waals surface area contributed by atoms with E-state index < -0.39 is 12.2 Å². The molecule has 0 radical (unpaired) electrons. The second-order valence-corrected chi connectivity index (χ2v) is 16.9. The molecule has 11 atom stereocenters. The Morgan fingerprint density at radius 1 is 0.667 bits per heavy atom. The van der Waals surface area contributed by atoms with Crippen molar-refractivity contribution in [2.45, 2.75) is 145 Å². The van der Waals surface area contributed by atoms with Crippen molar-refractivity contribution >= 4 is 11.9 Å². The molecule has 5 nitrogen and oxygen atoms in total. The first-order valence-corrected chi connectivity index (χ1v) is 15.9. The molecular weight excluding hydrogens is 488 g/mol. The highest BCUT2D eigenvalue weighted by atomic mass is 16.6. The van der Waals surface area contributed by atoms with Crippen LogP contribution in [0, 0.1) is 56.2 Å². The molecule has 5 aliphatic rings. The Morgan fingerprint density at radius 3 is 1.77 bits per heavy atom. The van der Waals surface area contributed by atoms with Crippen LogP contribution in [0.3, 0.4) is 0 Å². The third kappa shape index (κ3) is 3.93. The fourth-order valence-corrected chi connectivity index (χ4v) is 12.5. The largest absolute Gasteiger partial charge is 0.459 e. The minimum atomic E-state index is -0.422. The molecule has 1 N–H and O–H groups in total. The number of hydrogen-bond acceptors (Lipinski definition) is 5. The van der Waals surface area contributed by atoms with Crippen LogP contribution in [-0.2, 0) is 19.1 Å². The molecule has 0 aliphatic heterocycles. The first kappa shape index (κ1) is 29.4. The number of ether oxygens (including phenoxy) is 2. The molecule has 0 aromatic heterocycles. The summed E-state index contributed by atoms with van der Waals surface area (Å²) in [6.07, 6.45) is 9.02. The summed E-state index contributed by atoms with van der Waals surface area (Å²) in [5.74, 6) is 1.32. The molecule has 0 amide bonds. The lowest BCUT2D eigenvalue weighted by atomic mass is 9.30. The molecule has 0 saturated heterocycles. The van der Waals surface area contributed by atoms with Crippen molar-refractivity contribution in [2.24, 2.45) is 56.2 Å². The third-order valence-corrected chi connectivity index (χ3v) is 14.5. The van der Waals surface area contributed by atoms with Crippen LogP contribution in [0.4, 0.5) is 0 Å². The number of rotatable bonds is 2. The van der Waals surface area contributed by atoms with Gasteiger partial charge in [-0.3, -0.25) is 9.59 Å². The van der Waals surface area contributed by atoms with Crippen LogP contribution in [0.1, 0.15) is 127 Å². The van der Waals surface area contributed by atoms with Gasteiger partial charge in [-0.2, -0.15) is 0 Å². The van der Waals surface area contributed by atoms with E-state index in [0.29, 0.717) is 23.7 Å². The fraction of sp³-hybridized carbons (Fsp3) is 0.941. The van der Waals surface area contributed by atoms with E-state index >= 15 is 0 Å². The summed E-state index contributed by atoms with van der Waals surface area (Å²) in [6.45, 7) is 22.2. The lowest BCUT2D eigenvalue weighted by Gasteiger charge is -2.74. The van der Waals surface area contributed by atoms with Crippen molar-refractivity contribution in [3.8, 4) is 0 Å². The van der Waals surface area contributed by atoms with Gasteiger partial charge in [0.15, 0.2) is 0 Å². The maximum Gasteiger partial charge on any atom is 0.303 e. The van der Waals surface area contributed by atoms with E-state index in [1.165, 1.54) is 46.0 Å². The maximum atomic E-state index is 12.3. The van der Waals surface area contributed by atoms with Crippen LogP contribution in [0.2, 0.25) is 0 Å². The summed E-state index contributed by atoms with van der Waals surface area (Å²) in [4.78, 5) is 24.4. The number of fused-ring (bicyclic) bond motifs is 7. The van der Waals surface area contributed by atoms with Gasteiger partial charge in [0.2, 0.25) is 0 Å². The van der Waals surface area contributed by atoms with Gasteiger partial charge in [-0.25, -0.2) is 0 Å². The van der Waals surface area contributed by atoms with Crippen molar-refractivity contribution in [2.75, 3.05) is 0 Å². The SMILES string of the molecule is CC(=O)O[C@@H]1C[C@@]2(C)[C@@H](CC[C@@]3(C)[C@H]2CC[C@H]2[C@]4(C)CCC(C)(C)[C@@H](O)[C@H]4CC[C@@]23C)C(C)(C)[C@H]1OC(C)=O. The quantitative estimate of drug-likeness (QED) is 0.368. The maximum absolute atomic E-state index is 12.3. The first-order valence-electron chi connectivity index (χ1n) is 15.9. The minimum absolute atomic E-state index is 0.00243. The predicted molar refractivity (Wildman–Crippen MR) is 153 cm³/mol. The number of carbonyl (C=O) groups excluding carboxylic acids is 2. The highest BCUT2D eigenvalue weighted by Crippen LogP contribution is 2.77. The first-order chi connectivity index (χ1) is 17.8. The average molecular weight is 545 g/mol. The lowest BCUT2D eigenvalue weighted by Crippen LogP contribution is -2.70. The van der Waals surface area contributed by atoms with E-state index in [-0.39, 0.29) is 50.5 Å². The van der Waals surface area contributed by atoms with Crippen molar-refractivity contribution in [3.63, 3.8) is 0 Å². The van der Waals surface area contributed by atoms with E-state index in [9.17, 15) is 14.7 Å². The monoisotopic (exact) mass is 544 g/mol. The van der Waals surface area contributed by atoms with E-state index in [4.69, 9.17) is 9.47 Å². The van der Waals surface area contributed by atoms with Gasteiger partial charge in [0, 0.05) is 19.3 Å². The highest BCUT2D eigenvalue weighted by Gasteiger charge is 2.72. The Hall–Kier alpha value is -1.10. The molecule has 0 aromatic carbocycles. The van der Waals surface area contributed by atoms with Crippen molar-refractivity contribution < 1.29 is 24.2 Å². The van der Waals surface area contributed by atoms with Gasteiger partial charge in [0.1, 0.15) is 12.2 Å². The molecule has 5 fully saturated rings. The molecule has 5 rings (SSSR count). The molecule has 0 unspecified atom stereocenters. The number of aliphatic hydroxyl groups excluding tert-OH is 1. The van der Waals surface area contributed by atoms with E-state index in [1.807, 2.05) is 0 Å². The topological polar surface area (TPSA) is 72.8 Å². The van der Waals surface area contributed by atoms with E-state index in [2.05, 4.69) is 55.4 Å². The van der Waals surface area contributed by atoms with Crippen LogP contribution >= 0.6 is 0 Å². The fourth-order valence-electron chi connectivity index (χ4n) is 12.5. The van der Waals surface area contributed by atoms with Crippen LogP contribution in [-0.4, -0.2) is 35.4 Å². The summed E-state index contributed by atoms with van der Waals surface area (Å²) in [5.41, 5.74) is 0.276. The van der Waals surface area contributed by atoms with Crippen LogP contribution < -0.4 is 0 Å². The highest BCUT2D eigenvalue weighted by molar-refractivity contribution is 5.67. The summed E-state index contributed by atoms with van der Waals surface area (Å²) in [7, 11) is 0. The smallest absolute Gasteiger partial charge is 0.303 e. The Morgan fingerprint density at radius 2 is 1.21 bits per heavy atom. The number of carbonyl (C=O) groups is 2. The number of hydrogen-bond donors (Lipinski definition) is 1. The lowest BCUT2D eigenvalue weighted by molar-refractivity contribution is -0.281. The standard InChI is InChI=1S/C34H56O5/c1-20(35)38-23-19-32(8)24(30(5,6)28(23)39-21(2)36)14-16-34(10)26(32)12-11-25-31(7)18-17-29(3,4)27(37)22(31)13-15-33(25,34)9/h22-28,37H,11-19H2,1-10H3/t22-,23-,24+,25+,26+,27+,28+,31-,32+,33+,34+/m1/s1. The second-order valence-electron chi connectivity index (χ2n) is 16.9. The molecular formula is C34H56O5. The molecule has 0 heterocycles. The molecule has 0 bridgehead atoms. The van der Waals surface area contributed by atoms with Crippen molar-refractivity contribution in [1.82, 2.24) is 0 Å². The van der Waals surface area contributed by atoms with Gasteiger partial charge < -0.3 is 14.6 Å². The normalized spacial score (nSPS) is 51.8. The van der Waals surface area contributed by atoms with Crippen LogP contribution in [0.5, 0.6) is 0 Å². The zero-order valence-electron chi connectivity index (χ0n) is 26.5. The van der Waals surface area contributed by atoms with Gasteiger partial charge >= 0.3 is 11.9 Å². The summed E-state index contributed by atoms with van der Waals surface area (Å²) in [6, 6.07) is 0. The van der Waals surface area contributed by atoms with Crippen LogP contribution in [0.25, 0.3) is 0 Å². The molecule has 39 heavy (non-hydrogen) atoms. The number of esters is 2. The minimum Gasteiger partial charge on any atom is -0.459 e. The summed E-state index contributed by atoms with van der Waals surface area (Å²) in [5, 5.41) is 11.5. The summed E-state index contributed by atoms with van der Waals surface area (Å²) >= 11 is 0. The van der Waals surface area contributed by atoms with E-state index in [1.54, 1.807) is 0 Å². The molecule has 222 valence electrons. The number of aliphatic hydroxyl groups is 1. The molecule has 5 saturated carbocycles. The zero-order valence-corrected chi connectivity index (χ0v) is 26.5. The Labute approximate surface area is 237 Å². The predicted octanol–water partition coefficient (Wildman–Crippen LogP) is 7.33. The van der Waals surface area contributed by atoms with Gasteiger partial charge in [-0.15, -0.1) is 0 Å². The molecule has 5 heteroatoms. The zero-order chi connectivity index (χ0) is 29.0. The van der Waals surface area contributed by atoms with Crippen molar-refractivity contribution in [1.29, 1.82) is 0 Å². The van der Waals surface area contributed by atoms with Gasteiger partial charge in [-0.1, -0.05) is 55.4 Å². The van der Waals surface area contributed by atoms with Gasteiger partial charge in [0.05, 0.1) is 6.10 Å². The van der Waals surface area contributed by atoms with Crippen molar-refractivity contribution in [3.05, 3.63) is 0 Å². The molecule has 0 aromatic rings. The Balaban J connectivity index is 1.53. The van der Waals surface area contributed by atoms with Gasteiger partial charge in [-0.05, 0) is 109 Å². The van der Waals surface area contributed by atoms with Gasteiger partial charge in [0.25, 0.3) is 0 Å². The third-order valence-electron chi connectivity index (χ3n) is 14.5. The Bertz CT molecular complexity index is 1020. The molecule has 0 spiro atoms. The van der Waals surface area contributed by atoms with Crippen LogP contribution in [0.15, 0.2) is 0 Å². The Kier molecular flexibility index (Phi) is 6.74. The molecule has 5 aliphatic carbocycles. The summed E-state index contributed by atoms with van der Waals surface area (Å²) < 4.78 is 11.9.